The number of aliphatic hydroxyl groups is 7. The fraction of sp³-hybridized carbons (Fsp3) is 1.00. The summed E-state index contributed by atoms with van der Waals surface area (Å²) in [7, 11) is 0. The molecule has 17 atom stereocenters. The van der Waals surface area contributed by atoms with Crippen molar-refractivity contribution in [1.29, 1.82) is 0 Å². The summed E-state index contributed by atoms with van der Waals surface area (Å²) in [5, 5.41) is 73.4. The highest BCUT2D eigenvalue weighted by atomic mass is 16.7. The molecule has 4 saturated carbocycles. The second-order valence-electron chi connectivity index (χ2n) is 15.2. The Hall–Kier alpha value is -0.360. The molecule has 1 saturated heterocycles. The van der Waals surface area contributed by atoms with E-state index in [9.17, 15) is 35.7 Å². The van der Waals surface area contributed by atoms with Crippen LogP contribution in [0.25, 0.3) is 0 Å². The number of fused-ring (bicyclic) bond motifs is 5. The van der Waals surface area contributed by atoms with E-state index in [0.717, 1.165) is 38.5 Å². The van der Waals surface area contributed by atoms with E-state index in [-0.39, 0.29) is 53.8 Å². The molecule has 9 heteroatoms. The summed E-state index contributed by atoms with van der Waals surface area (Å²) >= 11 is 0. The van der Waals surface area contributed by atoms with E-state index in [2.05, 4.69) is 20.8 Å². The summed E-state index contributed by atoms with van der Waals surface area (Å²) in [6.45, 7) is 8.62. The van der Waals surface area contributed by atoms with E-state index >= 15 is 0 Å². The third-order valence-electron chi connectivity index (χ3n) is 13.0. The minimum absolute atomic E-state index is 0.00663. The molecule has 0 radical (unpaired) electrons. The fourth-order valence-electron chi connectivity index (χ4n) is 10.6. The lowest BCUT2D eigenvalue weighted by Crippen LogP contribution is -2.59. The van der Waals surface area contributed by atoms with E-state index < -0.39 is 42.9 Å². The molecule has 9 nitrogen and oxygen atoms in total. The standard InChI is InChI=1S/C32H56O9/c1-16(5-6-26(17(2)14-33)41-30-29(39)28(38)25(37)15-40-30)21-13-24(36)27-19-12-23(35)22-11-18(34)7-9-31(22,3)20(19)8-10-32(21,27)4/h16-30,33-39H,5-15H2,1-4H3/t16-,17?,18+,19?,20?,21-,22?,23-,24+,25-,26?,27?,28?,29+,30+,31-,32-/m1/s1. The maximum atomic E-state index is 11.6. The maximum Gasteiger partial charge on any atom is 0.186 e. The minimum atomic E-state index is -1.37. The summed E-state index contributed by atoms with van der Waals surface area (Å²) in [6, 6.07) is 0. The lowest BCUT2D eigenvalue weighted by Gasteiger charge is -2.62. The van der Waals surface area contributed by atoms with Crippen LogP contribution in [0.1, 0.15) is 85.5 Å². The smallest absolute Gasteiger partial charge is 0.186 e. The molecule has 0 aromatic rings. The summed E-state index contributed by atoms with van der Waals surface area (Å²) in [5.41, 5.74) is -0.0222. The van der Waals surface area contributed by atoms with Crippen LogP contribution in [0, 0.1) is 52.3 Å². The van der Waals surface area contributed by atoms with E-state index in [1.807, 2.05) is 6.92 Å². The molecule has 41 heavy (non-hydrogen) atoms. The Morgan fingerprint density at radius 1 is 0.805 bits per heavy atom. The largest absolute Gasteiger partial charge is 0.396 e. The average molecular weight is 585 g/mol. The Balaban J connectivity index is 1.27. The molecule has 0 bridgehead atoms. The van der Waals surface area contributed by atoms with Crippen LogP contribution in [0.4, 0.5) is 0 Å². The number of aliphatic hydroxyl groups excluding tert-OH is 7. The first kappa shape index (κ1) is 32.0. The van der Waals surface area contributed by atoms with Gasteiger partial charge in [0.05, 0.1) is 31.0 Å². The van der Waals surface area contributed by atoms with Gasteiger partial charge in [0, 0.05) is 12.5 Å². The van der Waals surface area contributed by atoms with E-state index in [1.54, 1.807) is 0 Å². The molecule has 0 amide bonds. The van der Waals surface area contributed by atoms with Crippen molar-refractivity contribution in [3.63, 3.8) is 0 Å². The zero-order valence-corrected chi connectivity index (χ0v) is 25.4. The maximum absolute atomic E-state index is 11.6. The highest BCUT2D eigenvalue weighted by molar-refractivity contribution is 5.13. The van der Waals surface area contributed by atoms with Gasteiger partial charge in [0.25, 0.3) is 0 Å². The molecule has 0 spiro atoms. The fourth-order valence-corrected chi connectivity index (χ4v) is 10.6. The van der Waals surface area contributed by atoms with Gasteiger partial charge < -0.3 is 45.2 Å². The van der Waals surface area contributed by atoms with Crippen LogP contribution in [0.15, 0.2) is 0 Å². The molecule has 4 aliphatic carbocycles. The Kier molecular flexibility index (Phi) is 9.54. The van der Waals surface area contributed by atoms with Crippen LogP contribution in [0.5, 0.6) is 0 Å². The monoisotopic (exact) mass is 584 g/mol. The van der Waals surface area contributed by atoms with Crippen molar-refractivity contribution in [2.45, 2.75) is 135 Å². The second-order valence-corrected chi connectivity index (χ2v) is 15.2. The van der Waals surface area contributed by atoms with Crippen LogP contribution in [-0.4, -0.2) is 98.0 Å². The van der Waals surface area contributed by atoms with E-state index in [0.29, 0.717) is 37.0 Å². The normalized spacial score (nSPS) is 52.2. The van der Waals surface area contributed by atoms with Gasteiger partial charge in [-0.3, -0.25) is 0 Å². The molecule has 7 unspecified atom stereocenters. The van der Waals surface area contributed by atoms with Gasteiger partial charge in [-0.1, -0.05) is 27.7 Å². The van der Waals surface area contributed by atoms with Gasteiger partial charge in [-0.25, -0.2) is 0 Å². The number of rotatable bonds is 8. The number of ether oxygens (including phenoxy) is 2. The summed E-state index contributed by atoms with van der Waals surface area (Å²) < 4.78 is 11.6. The third-order valence-corrected chi connectivity index (χ3v) is 13.0. The first-order valence-electron chi connectivity index (χ1n) is 16.3. The van der Waals surface area contributed by atoms with Crippen LogP contribution >= 0.6 is 0 Å². The highest BCUT2D eigenvalue weighted by Crippen LogP contribution is 2.68. The van der Waals surface area contributed by atoms with Gasteiger partial charge in [0.15, 0.2) is 6.29 Å². The summed E-state index contributed by atoms with van der Waals surface area (Å²) in [5.74, 6) is 1.43. The molecule has 0 aromatic heterocycles. The van der Waals surface area contributed by atoms with Gasteiger partial charge in [-0.2, -0.15) is 0 Å². The lowest BCUT2D eigenvalue weighted by atomic mass is 9.43. The van der Waals surface area contributed by atoms with Gasteiger partial charge in [0.1, 0.15) is 18.3 Å². The summed E-state index contributed by atoms with van der Waals surface area (Å²) in [4.78, 5) is 0. The van der Waals surface area contributed by atoms with Crippen molar-refractivity contribution in [3.05, 3.63) is 0 Å². The van der Waals surface area contributed by atoms with Crippen molar-refractivity contribution in [3.8, 4) is 0 Å². The molecule has 238 valence electrons. The van der Waals surface area contributed by atoms with E-state index in [1.165, 1.54) is 0 Å². The quantitative estimate of drug-likeness (QED) is 0.226. The Labute approximate surface area is 245 Å². The lowest BCUT2D eigenvalue weighted by molar-refractivity contribution is -0.288. The van der Waals surface area contributed by atoms with Crippen molar-refractivity contribution in [2.24, 2.45) is 52.3 Å². The Bertz CT molecular complexity index is 889. The second kappa shape index (κ2) is 12.2. The molecular weight excluding hydrogens is 528 g/mol. The van der Waals surface area contributed by atoms with Crippen molar-refractivity contribution in [2.75, 3.05) is 13.2 Å². The molecule has 7 N–H and O–H groups in total. The van der Waals surface area contributed by atoms with Gasteiger partial charge in [-0.15, -0.1) is 0 Å². The SMILES string of the molecule is CC(CO)C(CC[C@@H](C)[C@H]1C[C@H](O)C2C3C[C@@H](O)C4C[C@@H](O)CC[C@]4(C)C3CC[C@@]21C)O[C@@H]1OC[C@@H](O)C(O)[C@@H]1O. The molecule has 5 aliphatic rings. The minimum Gasteiger partial charge on any atom is -0.396 e. The first-order chi connectivity index (χ1) is 19.3. The molecule has 5 fully saturated rings. The Morgan fingerprint density at radius 3 is 2.22 bits per heavy atom. The zero-order chi connectivity index (χ0) is 29.9. The number of hydrogen-bond donors (Lipinski definition) is 7. The zero-order valence-electron chi connectivity index (χ0n) is 25.4. The summed E-state index contributed by atoms with van der Waals surface area (Å²) in [6.07, 6.45) is 0.976. The van der Waals surface area contributed by atoms with Gasteiger partial charge >= 0.3 is 0 Å². The molecule has 0 aromatic carbocycles. The van der Waals surface area contributed by atoms with Crippen LogP contribution in [-0.2, 0) is 9.47 Å². The van der Waals surface area contributed by atoms with Crippen molar-refractivity contribution < 1.29 is 45.2 Å². The van der Waals surface area contributed by atoms with Crippen molar-refractivity contribution in [1.82, 2.24) is 0 Å². The molecule has 1 heterocycles. The molecular formula is C32H56O9. The van der Waals surface area contributed by atoms with Crippen molar-refractivity contribution >= 4 is 0 Å². The van der Waals surface area contributed by atoms with Crippen LogP contribution in [0.3, 0.4) is 0 Å². The van der Waals surface area contributed by atoms with Crippen LogP contribution < -0.4 is 0 Å². The average Bonchev–Trinajstić information content (AvgIpc) is 3.21. The van der Waals surface area contributed by atoms with Gasteiger partial charge in [-0.05, 0) is 104 Å². The third kappa shape index (κ3) is 5.66. The number of hydrogen-bond acceptors (Lipinski definition) is 9. The van der Waals surface area contributed by atoms with Gasteiger partial charge in [0.2, 0.25) is 0 Å². The van der Waals surface area contributed by atoms with Crippen LogP contribution in [0.2, 0.25) is 0 Å². The topological polar surface area (TPSA) is 160 Å². The highest BCUT2D eigenvalue weighted by Gasteiger charge is 2.64. The first-order valence-corrected chi connectivity index (χ1v) is 16.3. The predicted octanol–water partition coefficient (Wildman–Crippen LogP) is 1.82. The predicted molar refractivity (Wildman–Crippen MR) is 151 cm³/mol. The Morgan fingerprint density at radius 2 is 1.51 bits per heavy atom. The molecule has 5 rings (SSSR count). The molecule has 1 aliphatic heterocycles. The van der Waals surface area contributed by atoms with E-state index in [4.69, 9.17) is 9.47 Å².